The molecule has 114 valence electrons. The van der Waals surface area contributed by atoms with E-state index < -0.39 is 0 Å². The van der Waals surface area contributed by atoms with Crippen LogP contribution in [0.15, 0.2) is 42.6 Å². The molecule has 6 heteroatoms. The minimum Gasteiger partial charge on any atom is -0.378 e. The van der Waals surface area contributed by atoms with Crippen LogP contribution in [-0.2, 0) is 4.74 Å². The van der Waals surface area contributed by atoms with Crippen LogP contribution in [-0.4, -0.2) is 37.2 Å². The van der Waals surface area contributed by atoms with Gasteiger partial charge >= 0.3 is 0 Å². The highest BCUT2D eigenvalue weighted by molar-refractivity contribution is 14.1. The van der Waals surface area contributed by atoms with Crippen LogP contribution < -0.4 is 10.2 Å². The molecule has 0 spiro atoms. The predicted molar refractivity (Wildman–Crippen MR) is 94.4 cm³/mol. The van der Waals surface area contributed by atoms with Gasteiger partial charge in [0.2, 0.25) is 0 Å². The van der Waals surface area contributed by atoms with E-state index in [2.05, 4.69) is 37.8 Å². The first-order valence-corrected chi connectivity index (χ1v) is 8.17. The minimum atomic E-state index is -0.140. The number of hydrogen-bond acceptors (Lipinski definition) is 4. The highest BCUT2D eigenvalue weighted by Crippen LogP contribution is 2.22. The Morgan fingerprint density at radius 3 is 2.73 bits per heavy atom. The van der Waals surface area contributed by atoms with Gasteiger partial charge in [0.1, 0.15) is 5.82 Å². The largest absolute Gasteiger partial charge is 0.378 e. The smallest absolute Gasteiger partial charge is 0.259 e. The third kappa shape index (κ3) is 3.38. The number of morpholine rings is 1. The van der Waals surface area contributed by atoms with E-state index in [1.165, 1.54) is 0 Å². The van der Waals surface area contributed by atoms with Gasteiger partial charge in [-0.15, -0.1) is 0 Å². The Kier molecular flexibility index (Phi) is 4.89. The van der Waals surface area contributed by atoms with E-state index >= 15 is 0 Å². The van der Waals surface area contributed by atoms with Crippen molar-refractivity contribution in [1.29, 1.82) is 0 Å². The fraction of sp³-hybridized carbons (Fsp3) is 0.250. The molecular formula is C16H16IN3O2. The number of benzene rings is 1. The van der Waals surface area contributed by atoms with Gasteiger partial charge in [-0.05, 0) is 46.9 Å². The molecular weight excluding hydrogens is 393 g/mol. The number of para-hydroxylation sites is 1. The van der Waals surface area contributed by atoms with E-state index in [1.54, 1.807) is 12.3 Å². The second-order valence-corrected chi connectivity index (χ2v) is 6.07. The van der Waals surface area contributed by atoms with Gasteiger partial charge in [-0.3, -0.25) is 4.79 Å². The molecule has 0 saturated carbocycles. The van der Waals surface area contributed by atoms with Crippen molar-refractivity contribution in [3.05, 3.63) is 51.7 Å². The van der Waals surface area contributed by atoms with Crippen LogP contribution >= 0.6 is 22.6 Å². The van der Waals surface area contributed by atoms with E-state index in [4.69, 9.17) is 4.74 Å². The van der Waals surface area contributed by atoms with Crippen LogP contribution in [0.4, 0.5) is 11.5 Å². The first-order valence-electron chi connectivity index (χ1n) is 7.09. The van der Waals surface area contributed by atoms with Crippen LogP contribution in [0.1, 0.15) is 10.4 Å². The average molecular weight is 409 g/mol. The maximum Gasteiger partial charge on any atom is 0.259 e. The monoisotopic (exact) mass is 409 g/mol. The Morgan fingerprint density at radius 2 is 1.95 bits per heavy atom. The van der Waals surface area contributed by atoms with Gasteiger partial charge in [0, 0.05) is 22.9 Å². The summed E-state index contributed by atoms with van der Waals surface area (Å²) in [7, 11) is 0. The lowest BCUT2D eigenvalue weighted by Crippen LogP contribution is -2.38. The molecule has 2 heterocycles. The molecule has 0 atom stereocenters. The molecule has 1 fully saturated rings. The van der Waals surface area contributed by atoms with Gasteiger partial charge in [-0.1, -0.05) is 12.1 Å². The summed E-state index contributed by atoms with van der Waals surface area (Å²) >= 11 is 2.21. The molecule has 1 saturated heterocycles. The van der Waals surface area contributed by atoms with Crippen molar-refractivity contribution < 1.29 is 9.53 Å². The summed E-state index contributed by atoms with van der Waals surface area (Å²) in [4.78, 5) is 19.1. The molecule has 5 nitrogen and oxygen atoms in total. The number of rotatable bonds is 3. The lowest BCUT2D eigenvalue weighted by Gasteiger charge is -2.29. The lowest BCUT2D eigenvalue weighted by molar-refractivity contribution is 0.102. The first-order chi connectivity index (χ1) is 10.8. The number of pyridine rings is 1. The first kappa shape index (κ1) is 15.2. The standard InChI is InChI=1S/C16H16IN3O2/c17-13-5-1-2-6-14(13)19-16(21)12-4-3-7-18-15(12)20-8-10-22-11-9-20/h1-7H,8-11H2,(H,19,21). The van der Waals surface area contributed by atoms with Crippen molar-refractivity contribution in [2.45, 2.75) is 0 Å². The third-order valence-electron chi connectivity index (χ3n) is 3.46. The molecule has 1 aliphatic rings. The Bertz CT molecular complexity index is 672. The number of amides is 1. The van der Waals surface area contributed by atoms with Crippen molar-refractivity contribution in [1.82, 2.24) is 4.98 Å². The van der Waals surface area contributed by atoms with Crippen molar-refractivity contribution >= 4 is 40.0 Å². The Morgan fingerprint density at radius 1 is 1.18 bits per heavy atom. The van der Waals surface area contributed by atoms with E-state index in [1.807, 2.05) is 30.3 Å². The van der Waals surface area contributed by atoms with Crippen LogP contribution in [0.5, 0.6) is 0 Å². The van der Waals surface area contributed by atoms with E-state index in [0.29, 0.717) is 24.6 Å². The normalized spacial score (nSPS) is 14.7. The second-order valence-electron chi connectivity index (χ2n) is 4.91. The Labute approximate surface area is 142 Å². The zero-order chi connectivity index (χ0) is 15.4. The second kappa shape index (κ2) is 7.06. The molecule has 0 unspecified atom stereocenters. The van der Waals surface area contributed by atoms with Crippen molar-refractivity contribution in [2.24, 2.45) is 0 Å². The fourth-order valence-electron chi connectivity index (χ4n) is 2.35. The van der Waals surface area contributed by atoms with E-state index in [9.17, 15) is 4.79 Å². The zero-order valence-corrected chi connectivity index (χ0v) is 14.1. The van der Waals surface area contributed by atoms with Crippen molar-refractivity contribution in [3.8, 4) is 0 Å². The molecule has 1 amide bonds. The van der Waals surface area contributed by atoms with Crippen LogP contribution in [0.25, 0.3) is 0 Å². The van der Waals surface area contributed by atoms with Gasteiger partial charge in [-0.2, -0.15) is 0 Å². The quantitative estimate of drug-likeness (QED) is 0.793. The van der Waals surface area contributed by atoms with Gasteiger partial charge in [0.25, 0.3) is 5.91 Å². The van der Waals surface area contributed by atoms with Gasteiger partial charge in [-0.25, -0.2) is 4.98 Å². The van der Waals surface area contributed by atoms with Crippen LogP contribution in [0, 0.1) is 3.57 Å². The number of hydrogen-bond donors (Lipinski definition) is 1. The molecule has 1 aromatic carbocycles. The SMILES string of the molecule is O=C(Nc1ccccc1I)c1cccnc1N1CCOCC1. The maximum atomic E-state index is 12.6. The van der Waals surface area contributed by atoms with Crippen molar-refractivity contribution in [2.75, 3.05) is 36.5 Å². The van der Waals surface area contributed by atoms with E-state index in [0.717, 1.165) is 22.3 Å². The van der Waals surface area contributed by atoms with Crippen LogP contribution in [0.3, 0.4) is 0 Å². The van der Waals surface area contributed by atoms with Gasteiger partial charge in [0.15, 0.2) is 0 Å². The molecule has 0 bridgehead atoms. The number of nitrogens with one attached hydrogen (secondary N) is 1. The highest BCUT2D eigenvalue weighted by atomic mass is 127. The van der Waals surface area contributed by atoms with E-state index in [-0.39, 0.29) is 5.91 Å². The number of carbonyl (C=O) groups excluding carboxylic acids is 1. The minimum absolute atomic E-state index is 0.140. The molecule has 1 aliphatic heterocycles. The molecule has 3 rings (SSSR count). The number of halogens is 1. The number of carbonyl (C=O) groups is 1. The predicted octanol–water partition coefficient (Wildman–Crippen LogP) is 2.78. The number of ether oxygens (including phenoxy) is 1. The average Bonchev–Trinajstić information content (AvgIpc) is 2.58. The number of aromatic nitrogens is 1. The summed E-state index contributed by atoms with van der Waals surface area (Å²) in [5, 5.41) is 2.96. The van der Waals surface area contributed by atoms with Crippen LogP contribution in [0.2, 0.25) is 0 Å². The maximum absolute atomic E-state index is 12.6. The Balaban J connectivity index is 1.85. The topological polar surface area (TPSA) is 54.5 Å². The van der Waals surface area contributed by atoms with Crippen molar-refractivity contribution in [3.63, 3.8) is 0 Å². The molecule has 0 radical (unpaired) electrons. The fourth-order valence-corrected chi connectivity index (χ4v) is 2.88. The Hall–Kier alpha value is -1.67. The summed E-state index contributed by atoms with van der Waals surface area (Å²) in [5.74, 6) is 0.577. The number of nitrogens with zero attached hydrogens (tertiary/aromatic N) is 2. The summed E-state index contributed by atoms with van der Waals surface area (Å²) in [6, 6.07) is 11.3. The molecule has 22 heavy (non-hydrogen) atoms. The summed E-state index contributed by atoms with van der Waals surface area (Å²) in [6.45, 7) is 2.82. The highest BCUT2D eigenvalue weighted by Gasteiger charge is 2.20. The zero-order valence-electron chi connectivity index (χ0n) is 12.0. The van der Waals surface area contributed by atoms with Gasteiger partial charge in [0.05, 0.1) is 24.5 Å². The summed E-state index contributed by atoms with van der Waals surface area (Å²) in [6.07, 6.45) is 1.72. The molecule has 1 N–H and O–H groups in total. The molecule has 2 aromatic rings. The lowest BCUT2D eigenvalue weighted by atomic mass is 10.2. The third-order valence-corrected chi connectivity index (χ3v) is 4.40. The van der Waals surface area contributed by atoms with Gasteiger partial charge < -0.3 is 15.0 Å². The summed E-state index contributed by atoms with van der Waals surface area (Å²) < 4.78 is 6.37. The summed E-state index contributed by atoms with van der Waals surface area (Å²) in [5.41, 5.74) is 1.40. The molecule has 1 aromatic heterocycles. The molecule has 0 aliphatic carbocycles. The number of anilines is 2.